The average Bonchev–Trinajstić information content (AvgIpc) is 2.71. The van der Waals surface area contributed by atoms with Gasteiger partial charge in [0.25, 0.3) is 11.3 Å². The maximum atomic E-state index is 11.8. The predicted octanol–water partition coefficient (Wildman–Crippen LogP) is -0.0238. The van der Waals surface area contributed by atoms with Gasteiger partial charge in [0.1, 0.15) is 6.33 Å². The summed E-state index contributed by atoms with van der Waals surface area (Å²) in [6.45, 7) is 0. The van der Waals surface area contributed by atoms with Crippen LogP contribution in [0, 0.1) is 0 Å². The molecular formula is C9H7N5O. The van der Waals surface area contributed by atoms with Crippen LogP contribution in [0.5, 0.6) is 0 Å². The number of hydrogen-bond acceptors (Lipinski definition) is 4. The molecule has 0 aliphatic carbocycles. The molecule has 0 saturated carbocycles. The largest absolute Gasteiger partial charge is 0.318 e. The van der Waals surface area contributed by atoms with Gasteiger partial charge in [0.15, 0.2) is 0 Å². The topological polar surface area (TPSA) is 65.1 Å². The molecule has 0 aromatic carbocycles. The van der Waals surface area contributed by atoms with Gasteiger partial charge in [-0.2, -0.15) is 14.6 Å². The summed E-state index contributed by atoms with van der Waals surface area (Å²) in [6, 6.07) is 1.82. The zero-order valence-corrected chi connectivity index (χ0v) is 7.95. The summed E-state index contributed by atoms with van der Waals surface area (Å²) >= 11 is 0. The monoisotopic (exact) mass is 201 g/mol. The summed E-state index contributed by atoms with van der Waals surface area (Å²) in [5.74, 6) is 0.496. The Morgan fingerprint density at radius 2 is 2.20 bits per heavy atom. The Morgan fingerprint density at radius 1 is 1.33 bits per heavy atom. The Bertz CT molecular complexity index is 711. The van der Waals surface area contributed by atoms with Crippen LogP contribution in [-0.2, 0) is 7.05 Å². The molecular weight excluding hydrogens is 194 g/mol. The van der Waals surface area contributed by atoms with Gasteiger partial charge in [0.05, 0.1) is 10.9 Å². The summed E-state index contributed by atoms with van der Waals surface area (Å²) in [5.41, 5.74) is 0.637. The summed E-state index contributed by atoms with van der Waals surface area (Å²) in [6.07, 6.45) is 4.65. The van der Waals surface area contributed by atoms with Crippen molar-refractivity contribution in [2.45, 2.75) is 0 Å². The molecule has 0 amide bonds. The quantitative estimate of drug-likeness (QED) is 0.512. The number of rotatable bonds is 0. The highest BCUT2D eigenvalue weighted by atomic mass is 16.1. The molecule has 0 atom stereocenters. The first-order valence-electron chi connectivity index (χ1n) is 4.41. The van der Waals surface area contributed by atoms with E-state index in [4.69, 9.17) is 0 Å². The van der Waals surface area contributed by atoms with Gasteiger partial charge in [0, 0.05) is 19.4 Å². The minimum absolute atomic E-state index is 0.0857. The predicted molar refractivity (Wildman–Crippen MR) is 53.5 cm³/mol. The lowest BCUT2D eigenvalue weighted by atomic mass is 10.3. The van der Waals surface area contributed by atoms with Crippen LogP contribution in [0.3, 0.4) is 0 Å². The zero-order chi connectivity index (χ0) is 10.4. The van der Waals surface area contributed by atoms with Gasteiger partial charge < -0.3 is 4.57 Å². The van der Waals surface area contributed by atoms with Crippen LogP contribution in [0.25, 0.3) is 16.7 Å². The molecule has 0 N–H and O–H groups in total. The molecule has 3 rings (SSSR count). The van der Waals surface area contributed by atoms with Crippen molar-refractivity contribution in [1.29, 1.82) is 0 Å². The summed E-state index contributed by atoms with van der Waals surface area (Å²) < 4.78 is 3.06. The maximum absolute atomic E-state index is 11.8. The third kappa shape index (κ3) is 0.983. The van der Waals surface area contributed by atoms with E-state index in [1.165, 1.54) is 17.1 Å². The van der Waals surface area contributed by atoms with Crippen molar-refractivity contribution >= 4 is 16.7 Å². The summed E-state index contributed by atoms with van der Waals surface area (Å²) in [4.78, 5) is 19.8. The van der Waals surface area contributed by atoms with Crippen molar-refractivity contribution < 1.29 is 0 Å². The SMILES string of the molecule is Cn1ccc2c(cnc3ncnn32)c1=O. The summed E-state index contributed by atoms with van der Waals surface area (Å²) in [5, 5.41) is 4.55. The molecule has 0 bridgehead atoms. The molecule has 74 valence electrons. The molecule has 6 heteroatoms. The number of nitrogens with zero attached hydrogens (tertiary/aromatic N) is 5. The second-order valence-corrected chi connectivity index (χ2v) is 3.26. The Labute approximate surface area is 83.8 Å². The lowest BCUT2D eigenvalue weighted by Crippen LogP contribution is -2.16. The zero-order valence-electron chi connectivity index (χ0n) is 7.95. The smallest absolute Gasteiger partial charge is 0.261 e. The van der Waals surface area contributed by atoms with Crippen LogP contribution >= 0.6 is 0 Å². The van der Waals surface area contributed by atoms with E-state index in [0.29, 0.717) is 11.2 Å². The molecule has 0 radical (unpaired) electrons. The maximum Gasteiger partial charge on any atom is 0.261 e. The third-order valence-electron chi connectivity index (χ3n) is 2.35. The van der Waals surface area contributed by atoms with Crippen LogP contribution in [0.1, 0.15) is 0 Å². The van der Waals surface area contributed by atoms with E-state index in [1.807, 2.05) is 6.07 Å². The first-order chi connectivity index (χ1) is 7.27. The van der Waals surface area contributed by atoms with E-state index in [2.05, 4.69) is 15.1 Å². The molecule has 0 saturated heterocycles. The Balaban J connectivity index is 2.66. The number of aryl methyl sites for hydroxylation is 1. The van der Waals surface area contributed by atoms with Crippen molar-refractivity contribution in [1.82, 2.24) is 24.1 Å². The minimum Gasteiger partial charge on any atom is -0.318 e. The van der Waals surface area contributed by atoms with Crippen LogP contribution in [0.2, 0.25) is 0 Å². The van der Waals surface area contributed by atoms with Crippen LogP contribution < -0.4 is 5.56 Å². The lowest BCUT2D eigenvalue weighted by molar-refractivity contribution is 0.865. The number of hydrogen-bond donors (Lipinski definition) is 0. The standard InChI is InChI=1S/C9H7N5O/c1-13-3-2-7-6(8(13)15)4-10-9-11-5-12-14(7)9/h2-5H,1H3. The second-order valence-electron chi connectivity index (χ2n) is 3.26. The molecule has 3 heterocycles. The fourth-order valence-electron chi connectivity index (χ4n) is 1.56. The van der Waals surface area contributed by atoms with E-state index in [9.17, 15) is 4.79 Å². The fraction of sp³-hybridized carbons (Fsp3) is 0.111. The van der Waals surface area contributed by atoms with Crippen LogP contribution in [0.15, 0.2) is 29.6 Å². The molecule has 3 aromatic rings. The van der Waals surface area contributed by atoms with E-state index < -0.39 is 0 Å². The van der Waals surface area contributed by atoms with Crippen LogP contribution in [-0.4, -0.2) is 24.1 Å². The molecule has 15 heavy (non-hydrogen) atoms. The second kappa shape index (κ2) is 2.63. The van der Waals surface area contributed by atoms with Crippen molar-refractivity contribution in [2.24, 2.45) is 7.05 Å². The minimum atomic E-state index is -0.0857. The van der Waals surface area contributed by atoms with E-state index in [-0.39, 0.29) is 5.56 Å². The number of pyridine rings is 1. The van der Waals surface area contributed by atoms with E-state index in [1.54, 1.807) is 17.8 Å². The van der Waals surface area contributed by atoms with E-state index >= 15 is 0 Å². The van der Waals surface area contributed by atoms with Gasteiger partial charge in [-0.3, -0.25) is 4.79 Å². The average molecular weight is 201 g/mol. The van der Waals surface area contributed by atoms with Crippen molar-refractivity contribution in [3.05, 3.63) is 35.1 Å². The van der Waals surface area contributed by atoms with Crippen LogP contribution in [0.4, 0.5) is 0 Å². The third-order valence-corrected chi connectivity index (χ3v) is 2.35. The first kappa shape index (κ1) is 8.10. The first-order valence-corrected chi connectivity index (χ1v) is 4.41. The van der Waals surface area contributed by atoms with E-state index in [0.717, 1.165) is 5.52 Å². The van der Waals surface area contributed by atoms with Crippen molar-refractivity contribution in [3.63, 3.8) is 0 Å². The van der Waals surface area contributed by atoms with Gasteiger partial charge in [-0.1, -0.05) is 0 Å². The normalized spacial score (nSPS) is 11.3. The molecule has 0 unspecified atom stereocenters. The molecule has 0 aliphatic rings. The van der Waals surface area contributed by atoms with Gasteiger partial charge in [-0.05, 0) is 6.07 Å². The van der Waals surface area contributed by atoms with Gasteiger partial charge in [-0.15, -0.1) is 0 Å². The number of fused-ring (bicyclic) bond motifs is 3. The highest BCUT2D eigenvalue weighted by Crippen LogP contribution is 2.07. The highest BCUT2D eigenvalue weighted by molar-refractivity contribution is 5.78. The molecule has 6 nitrogen and oxygen atoms in total. The Morgan fingerprint density at radius 3 is 3.07 bits per heavy atom. The number of aromatic nitrogens is 5. The molecule has 0 fully saturated rings. The Hall–Kier alpha value is -2.24. The van der Waals surface area contributed by atoms with Crippen molar-refractivity contribution in [2.75, 3.05) is 0 Å². The molecule has 3 aromatic heterocycles. The van der Waals surface area contributed by atoms with Gasteiger partial charge in [0.2, 0.25) is 0 Å². The van der Waals surface area contributed by atoms with Gasteiger partial charge >= 0.3 is 0 Å². The lowest BCUT2D eigenvalue weighted by Gasteiger charge is -2.01. The Kier molecular flexibility index (Phi) is 1.42. The van der Waals surface area contributed by atoms with Gasteiger partial charge in [-0.25, -0.2) is 4.98 Å². The summed E-state index contributed by atoms with van der Waals surface area (Å²) in [7, 11) is 1.70. The highest BCUT2D eigenvalue weighted by Gasteiger charge is 2.06. The van der Waals surface area contributed by atoms with Crippen molar-refractivity contribution in [3.8, 4) is 0 Å². The molecule has 0 aliphatic heterocycles. The molecule has 0 spiro atoms. The fourth-order valence-corrected chi connectivity index (χ4v) is 1.56.